The fourth-order valence-electron chi connectivity index (χ4n) is 6.17. The molecule has 0 amide bonds. The quantitative estimate of drug-likeness (QED) is 0.204. The molecule has 1 fully saturated rings. The number of aryl methyl sites for hydroxylation is 3. The van der Waals surface area contributed by atoms with Gasteiger partial charge < -0.3 is 0 Å². The first kappa shape index (κ1) is 22.7. The first-order valence-corrected chi connectivity index (χ1v) is 16.6. The Hall–Kier alpha value is -2.71. The van der Waals surface area contributed by atoms with E-state index < -0.39 is 8.07 Å². The van der Waals surface area contributed by atoms with Crippen molar-refractivity contribution >= 4 is 18.8 Å². The van der Waals surface area contributed by atoms with Gasteiger partial charge in [-0.15, -0.1) is 0 Å². The summed E-state index contributed by atoms with van der Waals surface area (Å²) in [4.78, 5) is 0. The summed E-state index contributed by atoms with van der Waals surface area (Å²) in [6, 6.07) is 23.9. The molecule has 3 aromatic carbocycles. The van der Waals surface area contributed by atoms with Gasteiger partial charge in [-0.3, -0.25) is 0 Å². The topological polar surface area (TPSA) is 3.88 Å². The lowest BCUT2D eigenvalue weighted by Gasteiger charge is -2.33. The van der Waals surface area contributed by atoms with Gasteiger partial charge >= 0.3 is 0 Å². The number of aromatic nitrogens is 1. The zero-order chi connectivity index (χ0) is 25.8. The molecule has 0 spiro atoms. The van der Waals surface area contributed by atoms with Gasteiger partial charge in [-0.2, -0.15) is 4.57 Å². The van der Waals surface area contributed by atoms with Crippen molar-refractivity contribution in [1.29, 1.82) is 0 Å². The van der Waals surface area contributed by atoms with Crippen molar-refractivity contribution in [2.45, 2.75) is 71.6 Å². The van der Waals surface area contributed by atoms with Gasteiger partial charge in [0.05, 0.1) is 6.76 Å². The summed E-state index contributed by atoms with van der Waals surface area (Å²) in [5.41, 5.74) is 11.4. The number of hydrogen-bond donors (Lipinski definition) is 0. The van der Waals surface area contributed by atoms with E-state index in [0.717, 1.165) is 11.1 Å². The van der Waals surface area contributed by atoms with Crippen LogP contribution >= 0.6 is 0 Å². The van der Waals surface area contributed by atoms with Crippen molar-refractivity contribution in [2.24, 2.45) is 7.05 Å². The molecule has 1 aromatic heterocycles. The molecule has 35 heavy (non-hydrogen) atoms. The number of nitrogens with zero attached hydrogens (tertiary/aromatic N) is 1. The van der Waals surface area contributed by atoms with E-state index in [1.807, 2.05) is 0 Å². The Morgan fingerprint density at radius 2 is 1.54 bits per heavy atom. The van der Waals surface area contributed by atoms with E-state index in [1.165, 1.54) is 75.0 Å². The molecule has 0 unspecified atom stereocenters. The molecule has 5 rings (SSSR count). The van der Waals surface area contributed by atoms with Gasteiger partial charge in [-0.1, -0.05) is 67.6 Å². The maximum atomic E-state index is 9.00. The average Bonchev–Trinajstić information content (AvgIpc) is 2.84. The minimum atomic E-state index is -0.982. The van der Waals surface area contributed by atoms with Crippen LogP contribution in [0.15, 0.2) is 60.6 Å². The molecule has 4 aromatic rings. The lowest BCUT2D eigenvalue weighted by Crippen LogP contribution is -2.35. The Labute approximate surface area is 214 Å². The fourth-order valence-corrected chi connectivity index (χ4v) is 8.68. The Morgan fingerprint density at radius 1 is 0.857 bits per heavy atom. The molecule has 0 saturated carbocycles. The van der Waals surface area contributed by atoms with Crippen LogP contribution in [-0.2, 0) is 7.05 Å². The largest absolute Gasteiger partial charge is 0.220 e. The lowest BCUT2D eigenvalue weighted by atomic mass is 9.89. The van der Waals surface area contributed by atoms with Crippen molar-refractivity contribution in [3.05, 3.63) is 88.6 Å². The summed E-state index contributed by atoms with van der Waals surface area (Å²) >= 11 is 0. The third-order valence-corrected chi connectivity index (χ3v) is 11.8. The van der Waals surface area contributed by atoms with E-state index in [-0.39, 0.29) is 0 Å². The van der Waals surface area contributed by atoms with Gasteiger partial charge in [0, 0.05) is 26.6 Å². The van der Waals surface area contributed by atoms with E-state index in [4.69, 9.17) is 1.37 Å². The van der Waals surface area contributed by atoms with Crippen LogP contribution in [0.4, 0.5) is 0 Å². The van der Waals surface area contributed by atoms with Crippen LogP contribution in [0.3, 0.4) is 0 Å². The molecule has 0 radical (unpaired) electrons. The highest BCUT2D eigenvalue weighted by molar-refractivity contribution is 6.77. The van der Waals surface area contributed by atoms with Crippen LogP contribution < -0.4 is 4.57 Å². The second kappa shape index (κ2) is 9.06. The normalized spacial score (nSPS) is 16.5. The van der Waals surface area contributed by atoms with Crippen molar-refractivity contribution in [2.75, 3.05) is 0 Å². The fraction of sp³-hybridized carbons (Fsp3) is 0.364. The second-order valence-electron chi connectivity index (χ2n) is 11.7. The zero-order valence-corrected chi connectivity index (χ0v) is 23.5. The van der Waals surface area contributed by atoms with Crippen molar-refractivity contribution in [1.82, 2.24) is 0 Å². The van der Waals surface area contributed by atoms with E-state index >= 15 is 0 Å². The van der Waals surface area contributed by atoms with Crippen LogP contribution in [0.1, 0.15) is 48.1 Å². The highest BCUT2D eigenvalue weighted by Crippen LogP contribution is 2.40. The smallest absolute Gasteiger partial charge is 0.198 e. The number of hydrogen-bond acceptors (Lipinski definition) is 0. The molecule has 0 N–H and O–H groups in total. The summed E-state index contributed by atoms with van der Waals surface area (Å²) in [5.74, 6) is 0.644. The zero-order valence-electron chi connectivity index (χ0n) is 23.5. The molecule has 0 bridgehead atoms. The van der Waals surface area contributed by atoms with E-state index in [9.17, 15) is 0 Å². The number of fused-ring (bicyclic) bond motifs is 1. The van der Waals surface area contributed by atoms with E-state index in [1.54, 1.807) is 0 Å². The second-order valence-corrected chi connectivity index (χ2v) is 17.0. The molecule has 2 heteroatoms. The third kappa shape index (κ3) is 4.49. The maximum Gasteiger partial charge on any atom is 0.220 e. The van der Waals surface area contributed by atoms with Gasteiger partial charge in [0.25, 0.3) is 0 Å². The summed E-state index contributed by atoms with van der Waals surface area (Å²) in [6.07, 6.45) is 2.62. The predicted octanol–water partition coefficient (Wildman–Crippen LogP) is 8.82. The highest BCUT2D eigenvalue weighted by atomic mass is 28.3. The van der Waals surface area contributed by atoms with Crippen molar-refractivity contribution in [3.63, 3.8) is 0 Å². The molecular weight excluding hydrogens is 438 g/mol. The Balaban J connectivity index is 1.63. The summed E-state index contributed by atoms with van der Waals surface area (Å²) < 4.78 is 11.2. The average molecular weight is 480 g/mol. The van der Waals surface area contributed by atoms with E-state index in [2.05, 4.69) is 107 Å². The molecule has 1 aliphatic heterocycles. The van der Waals surface area contributed by atoms with Gasteiger partial charge in [0.2, 0.25) is 5.69 Å². The molecule has 0 atom stereocenters. The predicted molar refractivity (Wildman–Crippen MR) is 154 cm³/mol. The van der Waals surface area contributed by atoms with Crippen molar-refractivity contribution < 1.29 is 5.94 Å². The molecule has 1 nitrogen and oxygen atoms in total. The third-order valence-electron chi connectivity index (χ3n) is 8.51. The number of rotatable bonds is 3. The SMILES string of the molecule is [2H]c1c(C)[n+](C)c(-c2ccc(-c3c(C)cccc3C)cc2C)c2ccc(C3CC[Si](C)(C)CC3)cc12. The Morgan fingerprint density at radius 3 is 2.20 bits per heavy atom. The van der Waals surface area contributed by atoms with Gasteiger partial charge in [-0.25, -0.2) is 0 Å². The van der Waals surface area contributed by atoms with Crippen LogP contribution in [0.5, 0.6) is 0 Å². The molecule has 0 aliphatic carbocycles. The minimum Gasteiger partial charge on any atom is -0.198 e. The standard InChI is InChI=1S/C33H40NSi/c1-22-9-8-10-23(2)32(22)28-12-13-30(24(3)19-28)33-31-14-11-27(21-29(31)20-25(4)34(33)5)26-15-17-35(6,7)18-16-26/h8-14,19-21,26H,15-18H2,1-7H3/q+1/i20D. The van der Waals surface area contributed by atoms with Gasteiger partial charge in [-0.05, 0) is 90.4 Å². The van der Waals surface area contributed by atoms with E-state index in [0.29, 0.717) is 12.0 Å². The first-order valence-electron chi connectivity index (χ1n) is 13.7. The molecule has 1 saturated heterocycles. The lowest BCUT2D eigenvalue weighted by molar-refractivity contribution is -0.665. The number of benzene rings is 3. The Kier molecular flexibility index (Phi) is 5.88. The van der Waals surface area contributed by atoms with Gasteiger partial charge in [0.15, 0.2) is 5.69 Å². The summed E-state index contributed by atoms with van der Waals surface area (Å²) in [7, 11) is 1.13. The summed E-state index contributed by atoms with van der Waals surface area (Å²) in [6.45, 7) is 13.8. The first-order chi connectivity index (χ1) is 17.1. The summed E-state index contributed by atoms with van der Waals surface area (Å²) in [5, 5.41) is 2.28. The molecule has 1 aliphatic rings. The van der Waals surface area contributed by atoms with Crippen molar-refractivity contribution in [3.8, 4) is 22.4 Å². The van der Waals surface area contributed by atoms with Crippen LogP contribution in [-0.4, -0.2) is 8.07 Å². The molecule has 2 heterocycles. The Bertz CT molecular complexity index is 1450. The number of pyridine rings is 1. The highest BCUT2D eigenvalue weighted by Gasteiger charge is 2.29. The molecule has 180 valence electrons. The minimum absolute atomic E-state index is 0.644. The monoisotopic (exact) mass is 479 g/mol. The van der Waals surface area contributed by atoms with Crippen LogP contribution in [0.25, 0.3) is 33.2 Å². The van der Waals surface area contributed by atoms with Gasteiger partial charge in [0.1, 0.15) is 7.05 Å². The van der Waals surface area contributed by atoms with Crippen LogP contribution in [0.2, 0.25) is 25.2 Å². The van der Waals surface area contributed by atoms with Crippen LogP contribution in [0, 0.1) is 27.7 Å². The molecular formula is C33H40NSi+. The maximum absolute atomic E-state index is 9.00.